The van der Waals surface area contributed by atoms with Crippen LogP contribution in [-0.2, 0) is 14.2 Å². The molecule has 0 amide bonds. The van der Waals surface area contributed by atoms with Crippen LogP contribution in [0.2, 0.25) is 0 Å². The van der Waals surface area contributed by atoms with Crippen molar-refractivity contribution in [3.8, 4) is 0 Å². The average molecular weight is 322 g/mol. The maximum Gasteiger partial charge on any atom is 0.0701 e. The fraction of sp³-hybridized carbons (Fsp3) is 1.00. The molecule has 1 N–H and O–H groups in total. The first-order valence-electron chi connectivity index (χ1n) is 8.35. The highest BCUT2D eigenvalue weighted by Gasteiger charge is 2.00. The minimum Gasteiger partial charge on any atom is -0.379 e. The zero-order valence-electron chi connectivity index (χ0n) is 14.2. The van der Waals surface area contributed by atoms with Gasteiger partial charge in [-0.05, 0) is 31.3 Å². The highest BCUT2D eigenvalue weighted by atomic mass is 32.2. The maximum absolute atomic E-state index is 5.52. The van der Waals surface area contributed by atoms with Gasteiger partial charge in [0.2, 0.25) is 0 Å². The van der Waals surface area contributed by atoms with Gasteiger partial charge in [-0.1, -0.05) is 20.3 Å². The van der Waals surface area contributed by atoms with Crippen molar-refractivity contribution in [1.29, 1.82) is 0 Å². The summed E-state index contributed by atoms with van der Waals surface area (Å²) in [6, 6.07) is 0.573. The van der Waals surface area contributed by atoms with Gasteiger partial charge in [0, 0.05) is 19.2 Å². The van der Waals surface area contributed by atoms with E-state index in [0.29, 0.717) is 32.5 Å². The van der Waals surface area contributed by atoms with Crippen LogP contribution < -0.4 is 5.32 Å². The SMILES string of the molecule is CCCCOCCOCCOCCNC(C)CCSCC. The van der Waals surface area contributed by atoms with E-state index in [1.165, 1.54) is 24.3 Å². The van der Waals surface area contributed by atoms with Crippen LogP contribution in [0.3, 0.4) is 0 Å². The topological polar surface area (TPSA) is 39.7 Å². The minimum atomic E-state index is 0.573. The third kappa shape index (κ3) is 18.1. The molecule has 5 heteroatoms. The van der Waals surface area contributed by atoms with Crippen LogP contribution in [0.1, 0.15) is 40.0 Å². The molecule has 0 fully saturated rings. The average Bonchev–Trinajstić information content (AvgIpc) is 2.48. The first-order valence-corrected chi connectivity index (χ1v) is 9.51. The van der Waals surface area contributed by atoms with Crippen LogP contribution in [0.5, 0.6) is 0 Å². The first-order chi connectivity index (χ1) is 10.3. The molecule has 0 aliphatic rings. The van der Waals surface area contributed by atoms with E-state index in [2.05, 4.69) is 26.1 Å². The molecule has 0 aliphatic heterocycles. The molecule has 21 heavy (non-hydrogen) atoms. The van der Waals surface area contributed by atoms with E-state index >= 15 is 0 Å². The zero-order valence-corrected chi connectivity index (χ0v) is 15.0. The molecule has 0 bridgehead atoms. The van der Waals surface area contributed by atoms with Gasteiger partial charge >= 0.3 is 0 Å². The van der Waals surface area contributed by atoms with E-state index in [4.69, 9.17) is 14.2 Å². The molecule has 4 nitrogen and oxygen atoms in total. The first kappa shape index (κ1) is 21.2. The van der Waals surface area contributed by atoms with E-state index < -0.39 is 0 Å². The van der Waals surface area contributed by atoms with Crippen LogP contribution in [-0.4, -0.2) is 63.7 Å². The molecule has 0 saturated heterocycles. The lowest BCUT2D eigenvalue weighted by Crippen LogP contribution is -2.30. The molecule has 0 rings (SSSR count). The van der Waals surface area contributed by atoms with Crippen LogP contribution in [0.4, 0.5) is 0 Å². The number of hydrogen-bond donors (Lipinski definition) is 1. The Bertz CT molecular complexity index is 196. The van der Waals surface area contributed by atoms with Crippen LogP contribution in [0, 0.1) is 0 Å². The summed E-state index contributed by atoms with van der Waals surface area (Å²) in [5.74, 6) is 2.44. The number of ether oxygens (including phenoxy) is 3. The zero-order chi connectivity index (χ0) is 15.6. The summed E-state index contributed by atoms with van der Waals surface area (Å²) >= 11 is 2.00. The molecule has 0 spiro atoms. The number of rotatable bonds is 17. The molecular weight excluding hydrogens is 286 g/mol. The summed E-state index contributed by atoms with van der Waals surface area (Å²) in [6.45, 7) is 11.8. The second kappa shape index (κ2) is 18.2. The number of hydrogen-bond acceptors (Lipinski definition) is 5. The van der Waals surface area contributed by atoms with E-state index in [0.717, 1.165) is 26.2 Å². The molecule has 0 aliphatic carbocycles. The smallest absolute Gasteiger partial charge is 0.0701 e. The Morgan fingerprint density at radius 3 is 2.14 bits per heavy atom. The maximum atomic E-state index is 5.52. The normalized spacial score (nSPS) is 12.7. The summed E-state index contributed by atoms with van der Waals surface area (Å²) < 4.78 is 16.4. The summed E-state index contributed by atoms with van der Waals surface area (Å²) in [6.07, 6.45) is 3.53. The molecule has 0 aromatic rings. The monoisotopic (exact) mass is 321 g/mol. The minimum absolute atomic E-state index is 0.573. The van der Waals surface area contributed by atoms with Crippen LogP contribution in [0.15, 0.2) is 0 Å². The Hall–Kier alpha value is 0.190. The molecule has 1 unspecified atom stereocenters. The van der Waals surface area contributed by atoms with Crippen molar-refractivity contribution in [3.05, 3.63) is 0 Å². The van der Waals surface area contributed by atoms with Gasteiger partial charge in [0.25, 0.3) is 0 Å². The predicted molar refractivity (Wildman–Crippen MR) is 92.4 cm³/mol. The van der Waals surface area contributed by atoms with Gasteiger partial charge in [0.1, 0.15) is 0 Å². The Kier molecular flexibility index (Phi) is 18.4. The van der Waals surface area contributed by atoms with Crippen molar-refractivity contribution in [2.45, 2.75) is 46.1 Å². The van der Waals surface area contributed by atoms with Gasteiger partial charge in [-0.25, -0.2) is 0 Å². The van der Waals surface area contributed by atoms with E-state index in [1.807, 2.05) is 11.8 Å². The van der Waals surface area contributed by atoms with Crippen molar-refractivity contribution >= 4 is 11.8 Å². The summed E-state index contributed by atoms with van der Waals surface area (Å²) in [4.78, 5) is 0. The summed E-state index contributed by atoms with van der Waals surface area (Å²) in [7, 11) is 0. The van der Waals surface area contributed by atoms with E-state index in [9.17, 15) is 0 Å². The number of thioether (sulfide) groups is 1. The predicted octanol–water partition coefficient (Wildman–Crippen LogP) is 2.96. The Morgan fingerprint density at radius 2 is 1.52 bits per heavy atom. The van der Waals surface area contributed by atoms with Crippen LogP contribution >= 0.6 is 11.8 Å². The fourth-order valence-corrected chi connectivity index (χ4v) is 2.48. The largest absolute Gasteiger partial charge is 0.379 e. The van der Waals surface area contributed by atoms with Crippen molar-refractivity contribution < 1.29 is 14.2 Å². The molecule has 1 atom stereocenters. The van der Waals surface area contributed by atoms with E-state index in [1.54, 1.807) is 0 Å². The van der Waals surface area contributed by atoms with Crippen molar-refractivity contribution in [1.82, 2.24) is 5.32 Å². The quantitative estimate of drug-likeness (QED) is 0.417. The number of nitrogens with one attached hydrogen (secondary N) is 1. The van der Waals surface area contributed by atoms with Crippen molar-refractivity contribution in [3.63, 3.8) is 0 Å². The molecule has 0 saturated carbocycles. The lowest BCUT2D eigenvalue weighted by molar-refractivity contribution is 0.0144. The summed E-state index contributed by atoms with van der Waals surface area (Å²) in [5, 5.41) is 3.47. The molecule has 0 radical (unpaired) electrons. The third-order valence-corrected chi connectivity index (χ3v) is 3.96. The molecule has 0 heterocycles. The standard InChI is InChI=1S/C16H35NO3S/c1-4-6-9-18-11-13-20-14-12-19-10-8-17-16(3)7-15-21-5-2/h16-17H,4-15H2,1-3H3. The van der Waals surface area contributed by atoms with Crippen molar-refractivity contribution in [2.75, 3.05) is 57.7 Å². The van der Waals surface area contributed by atoms with Gasteiger partial charge in [-0.3, -0.25) is 0 Å². The van der Waals surface area contributed by atoms with Gasteiger partial charge in [0.05, 0.1) is 33.0 Å². The third-order valence-electron chi connectivity index (χ3n) is 3.02. The van der Waals surface area contributed by atoms with Crippen LogP contribution in [0.25, 0.3) is 0 Å². The van der Waals surface area contributed by atoms with Gasteiger partial charge in [-0.2, -0.15) is 11.8 Å². The highest BCUT2D eigenvalue weighted by molar-refractivity contribution is 7.99. The Balaban J connectivity index is 3.05. The van der Waals surface area contributed by atoms with Crippen molar-refractivity contribution in [2.24, 2.45) is 0 Å². The lowest BCUT2D eigenvalue weighted by Gasteiger charge is -2.13. The lowest BCUT2D eigenvalue weighted by atomic mass is 10.2. The van der Waals surface area contributed by atoms with E-state index in [-0.39, 0.29) is 0 Å². The van der Waals surface area contributed by atoms with Gasteiger partial charge < -0.3 is 19.5 Å². The second-order valence-corrected chi connectivity index (χ2v) is 6.43. The number of unbranched alkanes of at least 4 members (excludes halogenated alkanes) is 1. The molecular formula is C16H35NO3S. The Labute approximate surface area is 135 Å². The Morgan fingerprint density at radius 1 is 0.905 bits per heavy atom. The molecule has 128 valence electrons. The molecule has 0 aromatic heterocycles. The van der Waals surface area contributed by atoms with Gasteiger partial charge in [0.15, 0.2) is 0 Å². The fourth-order valence-electron chi connectivity index (χ4n) is 1.67. The summed E-state index contributed by atoms with van der Waals surface area (Å²) in [5.41, 5.74) is 0. The van der Waals surface area contributed by atoms with Gasteiger partial charge in [-0.15, -0.1) is 0 Å². The second-order valence-electron chi connectivity index (χ2n) is 5.03. The molecule has 0 aromatic carbocycles. The highest BCUT2D eigenvalue weighted by Crippen LogP contribution is 2.03.